The summed E-state index contributed by atoms with van der Waals surface area (Å²) in [7, 11) is 0. The van der Waals surface area contributed by atoms with Crippen molar-refractivity contribution in [1.82, 2.24) is 10.2 Å². The number of rotatable bonds is 6. The summed E-state index contributed by atoms with van der Waals surface area (Å²) in [6.07, 6.45) is 3.62. The fourth-order valence-electron chi connectivity index (χ4n) is 3.04. The molecule has 118 valence electrons. The lowest BCUT2D eigenvalue weighted by atomic mass is 9.93. The summed E-state index contributed by atoms with van der Waals surface area (Å²) in [5.41, 5.74) is -4.10. The second kappa shape index (κ2) is 6.88. The minimum Gasteiger partial charge on any atom is -0.311 e. The monoisotopic (exact) mass is 310 g/mol. The average molecular weight is 310 g/mol. The smallest absolute Gasteiger partial charge is 0.311 e. The van der Waals surface area contributed by atoms with E-state index in [0.717, 1.165) is 25.4 Å². The van der Waals surface area contributed by atoms with Gasteiger partial charge in [0.05, 0.1) is 0 Å². The van der Waals surface area contributed by atoms with E-state index in [4.69, 9.17) is 0 Å². The largest absolute Gasteiger partial charge is 0.441 e. The van der Waals surface area contributed by atoms with Crippen molar-refractivity contribution < 1.29 is 13.2 Å². The molecule has 0 spiro atoms. The van der Waals surface area contributed by atoms with Gasteiger partial charge in [0.2, 0.25) is 0 Å². The first-order chi connectivity index (χ1) is 9.40. The first kappa shape index (κ1) is 16.4. The van der Waals surface area contributed by atoms with Crippen LogP contribution < -0.4 is 5.32 Å². The molecule has 1 aliphatic heterocycles. The van der Waals surface area contributed by atoms with Crippen LogP contribution in [0.1, 0.15) is 33.1 Å². The van der Waals surface area contributed by atoms with E-state index in [-0.39, 0.29) is 17.5 Å². The van der Waals surface area contributed by atoms with Gasteiger partial charge < -0.3 is 5.32 Å². The standard InChI is InChI=1S/C14H25F3N2S/c1-3-10(2)13-8-18-12(11-4-5-11)9-19(13)6-7-20-14(15,16)17/h10-13,18H,3-9H2,1-2H3. The molecule has 1 aliphatic carbocycles. The number of hydrogen-bond acceptors (Lipinski definition) is 3. The van der Waals surface area contributed by atoms with Gasteiger partial charge in [0.1, 0.15) is 0 Å². The molecular formula is C14H25F3N2S. The van der Waals surface area contributed by atoms with Crippen LogP contribution in [0.2, 0.25) is 0 Å². The molecule has 0 aromatic heterocycles. The molecule has 20 heavy (non-hydrogen) atoms. The third-order valence-corrected chi connectivity index (χ3v) is 5.34. The predicted octanol–water partition coefficient (Wildman–Crippen LogP) is 3.34. The van der Waals surface area contributed by atoms with Crippen molar-refractivity contribution in [3.05, 3.63) is 0 Å². The number of halogens is 3. The van der Waals surface area contributed by atoms with Crippen LogP contribution in [0.3, 0.4) is 0 Å². The topological polar surface area (TPSA) is 15.3 Å². The highest BCUT2D eigenvalue weighted by Gasteiger charge is 2.38. The summed E-state index contributed by atoms with van der Waals surface area (Å²) in [6.45, 7) is 6.74. The Morgan fingerprint density at radius 1 is 1.35 bits per heavy atom. The Morgan fingerprint density at radius 3 is 2.60 bits per heavy atom. The highest BCUT2D eigenvalue weighted by Crippen LogP contribution is 2.35. The van der Waals surface area contributed by atoms with E-state index in [1.54, 1.807) is 0 Å². The fourth-order valence-corrected chi connectivity index (χ4v) is 3.59. The van der Waals surface area contributed by atoms with Crippen LogP contribution in [0.4, 0.5) is 13.2 Å². The summed E-state index contributed by atoms with van der Waals surface area (Å²) in [6, 6.07) is 0.870. The summed E-state index contributed by atoms with van der Waals surface area (Å²) in [5, 5.41) is 3.61. The third kappa shape index (κ3) is 4.81. The molecule has 1 saturated carbocycles. The Morgan fingerprint density at radius 2 is 2.05 bits per heavy atom. The zero-order valence-electron chi connectivity index (χ0n) is 12.2. The quantitative estimate of drug-likeness (QED) is 0.810. The second-order valence-electron chi connectivity index (χ2n) is 6.09. The average Bonchev–Trinajstić information content (AvgIpc) is 3.20. The van der Waals surface area contributed by atoms with Gasteiger partial charge >= 0.3 is 5.51 Å². The van der Waals surface area contributed by atoms with E-state index in [2.05, 4.69) is 24.1 Å². The summed E-state index contributed by atoms with van der Waals surface area (Å²) >= 11 is 0.112. The van der Waals surface area contributed by atoms with Gasteiger partial charge in [-0.25, -0.2) is 0 Å². The van der Waals surface area contributed by atoms with Gasteiger partial charge in [-0.15, -0.1) is 0 Å². The van der Waals surface area contributed by atoms with Crippen LogP contribution in [0.5, 0.6) is 0 Å². The summed E-state index contributed by atoms with van der Waals surface area (Å²) < 4.78 is 36.8. The molecule has 0 bridgehead atoms. The van der Waals surface area contributed by atoms with E-state index in [1.165, 1.54) is 12.8 Å². The molecule has 2 aliphatic rings. The number of nitrogens with zero attached hydrogens (tertiary/aromatic N) is 1. The van der Waals surface area contributed by atoms with Crippen LogP contribution in [0.25, 0.3) is 0 Å². The number of thioether (sulfide) groups is 1. The van der Waals surface area contributed by atoms with Crippen molar-refractivity contribution in [3.63, 3.8) is 0 Å². The van der Waals surface area contributed by atoms with Crippen LogP contribution in [0, 0.1) is 11.8 Å². The van der Waals surface area contributed by atoms with Crippen LogP contribution in [-0.4, -0.2) is 47.9 Å². The molecule has 2 fully saturated rings. The zero-order valence-corrected chi connectivity index (χ0v) is 13.1. The van der Waals surface area contributed by atoms with Crippen LogP contribution in [-0.2, 0) is 0 Å². The van der Waals surface area contributed by atoms with Gasteiger partial charge in [-0.05, 0) is 36.4 Å². The Kier molecular flexibility index (Phi) is 5.65. The van der Waals surface area contributed by atoms with E-state index in [1.807, 2.05) is 0 Å². The van der Waals surface area contributed by atoms with Crippen LogP contribution >= 0.6 is 11.8 Å². The Bertz CT molecular complexity index is 307. The predicted molar refractivity (Wildman–Crippen MR) is 77.8 cm³/mol. The normalized spacial score (nSPS) is 30.4. The summed E-state index contributed by atoms with van der Waals surface area (Å²) in [4.78, 5) is 2.30. The molecule has 1 N–H and O–H groups in total. The molecule has 0 radical (unpaired) electrons. The van der Waals surface area contributed by atoms with E-state index >= 15 is 0 Å². The van der Waals surface area contributed by atoms with Gasteiger partial charge in [0.25, 0.3) is 0 Å². The molecule has 3 unspecified atom stereocenters. The van der Waals surface area contributed by atoms with Crippen molar-refractivity contribution in [1.29, 1.82) is 0 Å². The van der Waals surface area contributed by atoms with Crippen molar-refractivity contribution in [2.45, 2.75) is 50.7 Å². The first-order valence-electron chi connectivity index (χ1n) is 7.58. The molecule has 6 heteroatoms. The van der Waals surface area contributed by atoms with Gasteiger partial charge in [0, 0.05) is 37.5 Å². The lowest BCUT2D eigenvalue weighted by Gasteiger charge is -2.43. The van der Waals surface area contributed by atoms with Crippen LogP contribution in [0.15, 0.2) is 0 Å². The maximum Gasteiger partial charge on any atom is 0.441 e. The minimum absolute atomic E-state index is 0.112. The fraction of sp³-hybridized carbons (Fsp3) is 1.00. The van der Waals surface area contributed by atoms with Crippen molar-refractivity contribution in [3.8, 4) is 0 Å². The van der Waals surface area contributed by atoms with E-state index < -0.39 is 5.51 Å². The molecule has 1 saturated heterocycles. The van der Waals surface area contributed by atoms with E-state index in [9.17, 15) is 13.2 Å². The minimum atomic E-state index is -4.10. The molecule has 0 aromatic rings. The van der Waals surface area contributed by atoms with Crippen molar-refractivity contribution in [2.75, 3.05) is 25.4 Å². The highest BCUT2D eigenvalue weighted by atomic mass is 32.2. The molecule has 0 aromatic carbocycles. The second-order valence-corrected chi connectivity index (χ2v) is 7.25. The van der Waals surface area contributed by atoms with Gasteiger partial charge in [-0.3, -0.25) is 4.90 Å². The third-order valence-electron chi connectivity index (χ3n) is 4.63. The molecule has 2 rings (SSSR count). The lowest BCUT2D eigenvalue weighted by Crippen LogP contribution is -2.59. The molecular weight excluding hydrogens is 285 g/mol. The summed E-state index contributed by atoms with van der Waals surface area (Å²) in [5.74, 6) is 1.43. The van der Waals surface area contributed by atoms with Gasteiger partial charge in [0.15, 0.2) is 0 Å². The first-order valence-corrected chi connectivity index (χ1v) is 8.57. The number of alkyl halides is 3. The van der Waals surface area contributed by atoms with Gasteiger partial charge in [-0.1, -0.05) is 20.3 Å². The Labute approximate surface area is 123 Å². The lowest BCUT2D eigenvalue weighted by molar-refractivity contribution is -0.0330. The molecule has 2 nitrogen and oxygen atoms in total. The maximum absolute atomic E-state index is 12.3. The van der Waals surface area contributed by atoms with Crippen molar-refractivity contribution >= 4 is 11.8 Å². The van der Waals surface area contributed by atoms with E-state index in [0.29, 0.717) is 24.5 Å². The highest BCUT2D eigenvalue weighted by molar-refractivity contribution is 8.00. The van der Waals surface area contributed by atoms with Gasteiger partial charge in [-0.2, -0.15) is 13.2 Å². The SMILES string of the molecule is CCC(C)C1CNC(C2CC2)CN1CCSC(F)(F)F. The Hall–Kier alpha value is 0.0600. The Balaban J connectivity index is 1.87. The molecule has 3 atom stereocenters. The number of nitrogens with one attached hydrogen (secondary N) is 1. The van der Waals surface area contributed by atoms with Crippen molar-refractivity contribution in [2.24, 2.45) is 11.8 Å². The maximum atomic E-state index is 12.3. The number of hydrogen-bond donors (Lipinski definition) is 1. The zero-order chi connectivity index (χ0) is 14.8. The molecule has 0 amide bonds. The number of piperazine rings is 1. The molecule has 1 heterocycles.